The van der Waals surface area contributed by atoms with Gasteiger partial charge in [-0.05, 0) is 82.9 Å². The van der Waals surface area contributed by atoms with E-state index in [0.29, 0.717) is 28.6 Å². The Hall–Kier alpha value is -8.65. The molecule has 3 heterocycles. The highest BCUT2D eigenvalue weighted by Crippen LogP contribution is 2.40. The SMILES string of the molecule is N#Cc1cc(C#N)cc(-c2ccc3c4ccccc4n(-c4ccc(-c5ccc6c(c5)oc5ccccc56)cc4-c4nc(-c5ccccc5)nc(-c5ccccc5)n4)c3c2)c1. The zero-order valence-electron chi connectivity index (χ0n) is 31.9. The van der Waals surface area contributed by atoms with E-state index in [1.165, 1.54) is 0 Å². The molecule has 0 saturated carbocycles. The molecule has 7 heteroatoms. The van der Waals surface area contributed by atoms with Crippen molar-refractivity contribution in [2.45, 2.75) is 0 Å². The summed E-state index contributed by atoms with van der Waals surface area (Å²) in [5.41, 5.74) is 11.6. The minimum absolute atomic E-state index is 0.432. The number of nitrogens with zero attached hydrogens (tertiary/aromatic N) is 6. The van der Waals surface area contributed by atoms with E-state index in [2.05, 4.69) is 102 Å². The van der Waals surface area contributed by atoms with Gasteiger partial charge in [0.15, 0.2) is 17.5 Å². The predicted molar refractivity (Wildman–Crippen MR) is 238 cm³/mol. The zero-order chi connectivity index (χ0) is 40.2. The fourth-order valence-electron chi connectivity index (χ4n) is 8.26. The van der Waals surface area contributed by atoms with Crippen molar-refractivity contribution in [1.82, 2.24) is 19.5 Å². The molecule has 0 saturated heterocycles. The Kier molecular flexibility index (Phi) is 8.11. The van der Waals surface area contributed by atoms with Gasteiger partial charge in [0.2, 0.25) is 0 Å². The van der Waals surface area contributed by atoms with Crippen LogP contribution in [-0.4, -0.2) is 19.5 Å². The molecular formula is C53H30N6O. The molecule has 0 amide bonds. The van der Waals surface area contributed by atoms with E-state index in [1.807, 2.05) is 91.0 Å². The van der Waals surface area contributed by atoms with Gasteiger partial charge in [-0.1, -0.05) is 121 Å². The van der Waals surface area contributed by atoms with Gasteiger partial charge in [-0.3, -0.25) is 0 Å². The lowest BCUT2D eigenvalue weighted by Crippen LogP contribution is -2.04. The quantitative estimate of drug-likeness (QED) is 0.167. The summed E-state index contributed by atoms with van der Waals surface area (Å²) in [4.78, 5) is 15.5. The van der Waals surface area contributed by atoms with Crippen LogP contribution in [0.4, 0.5) is 0 Å². The van der Waals surface area contributed by atoms with E-state index in [4.69, 9.17) is 19.4 Å². The van der Waals surface area contributed by atoms with Crippen LogP contribution < -0.4 is 0 Å². The highest BCUT2D eigenvalue weighted by molar-refractivity contribution is 6.11. The van der Waals surface area contributed by atoms with Gasteiger partial charge < -0.3 is 8.98 Å². The number of hydrogen-bond donors (Lipinski definition) is 0. The average Bonchev–Trinajstić information content (AvgIpc) is 3.86. The number of furan rings is 1. The first kappa shape index (κ1) is 34.6. The standard InChI is InChI=1S/C53H30N6O/c54-31-33-25-34(32-55)27-40(26-33)38-19-22-42-41-15-7-9-17-46(41)59(48(42)29-38)47-24-21-37(39-20-23-44-43-16-8-10-18-49(43)60-50(44)30-39)28-45(47)53-57-51(35-11-3-1-4-12-35)56-52(58-53)36-13-5-2-6-14-36/h1-30H. The number of benzene rings is 8. The summed E-state index contributed by atoms with van der Waals surface area (Å²) in [6.45, 7) is 0. The van der Waals surface area contributed by atoms with Crippen molar-refractivity contribution in [3.63, 3.8) is 0 Å². The van der Waals surface area contributed by atoms with Crippen molar-refractivity contribution in [2.75, 3.05) is 0 Å². The largest absolute Gasteiger partial charge is 0.456 e. The number of nitriles is 2. The van der Waals surface area contributed by atoms with Gasteiger partial charge in [-0.2, -0.15) is 10.5 Å². The molecule has 0 radical (unpaired) electrons. The predicted octanol–water partition coefficient (Wildman–Crippen LogP) is 12.9. The molecule has 3 aromatic heterocycles. The minimum Gasteiger partial charge on any atom is -0.456 e. The van der Waals surface area contributed by atoms with Crippen LogP contribution in [0.25, 0.3) is 106 Å². The van der Waals surface area contributed by atoms with E-state index in [-0.39, 0.29) is 0 Å². The van der Waals surface area contributed by atoms with Crippen molar-refractivity contribution < 1.29 is 4.42 Å². The first-order valence-electron chi connectivity index (χ1n) is 19.5. The summed E-state index contributed by atoms with van der Waals surface area (Å²) in [5.74, 6) is 1.65. The Morgan fingerprint density at radius 3 is 1.62 bits per heavy atom. The fourth-order valence-corrected chi connectivity index (χ4v) is 8.26. The number of para-hydroxylation sites is 2. The molecule has 11 aromatic rings. The minimum atomic E-state index is 0.432. The number of aromatic nitrogens is 4. The van der Waals surface area contributed by atoms with Crippen molar-refractivity contribution >= 4 is 43.7 Å². The summed E-state index contributed by atoms with van der Waals surface area (Å²) < 4.78 is 8.61. The smallest absolute Gasteiger partial charge is 0.166 e. The first-order valence-corrected chi connectivity index (χ1v) is 19.5. The van der Waals surface area contributed by atoms with Gasteiger partial charge in [-0.25, -0.2) is 15.0 Å². The topological polar surface area (TPSA) is 104 Å². The number of hydrogen-bond acceptors (Lipinski definition) is 6. The Labute approximate surface area is 344 Å². The molecule has 0 fully saturated rings. The van der Waals surface area contributed by atoms with Crippen LogP contribution in [0.2, 0.25) is 0 Å². The lowest BCUT2D eigenvalue weighted by molar-refractivity contribution is 0.669. The van der Waals surface area contributed by atoms with Gasteiger partial charge in [0, 0.05) is 38.2 Å². The average molecular weight is 767 g/mol. The normalized spacial score (nSPS) is 11.3. The van der Waals surface area contributed by atoms with Crippen molar-refractivity contribution in [3.8, 4) is 74.2 Å². The lowest BCUT2D eigenvalue weighted by Gasteiger charge is -2.16. The molecule has 0 N–H and O–H groups in total. The van der Waals surface area contributed by atoms with Crippen LogP contribution in [0.1, 0.15) is 11.1 Å². The van der Waals surface area contributed by atoms with E-state index >= 15 is 0 Å². The van der Waals surface area contributed by atoms with Crippen molar-refractivity contribution in [1.29, 1.82) is 10.5 Å². The van der Waals surface area contributed by atoms with Crippen LogP contribution in [-0.2, 0) is 0 Å². The molecule has 7 nitrogen and oxygen atoms in total. The van der Waals surface area contributed by atoms with Crippen LogP contribution in [0.15, 0.2) is 186 Å². The maximum atomic E-state index is 9.82. The Morgan fingerprint density at radius 2 is 0.917 bits per heavy atom. The Bertz CT molecular complexity index is 3480. The molecule has 0 atom stereocenters. The molecule has 60 heavy (non-hydrogen) atoms. The molecule has 0 aliphatic heterocycles. The third kappa shape index (κ3) is 5.86. The summed E-state index contributed by atoms with van der Waals surface area (Å²) in [5, 5.41) is 23.9. The van der Waals surface area contributed by atoms with E-state index < -0.39 is 0 Å². The summed E-state index contributed by atoms with van der Waals surface area (Å²) >= 11 is 0. The fraction of sp³-hybridized carbons (Fsp3) is 0. The van der Waals surface area contributed by atoms with Gasteiger partial charge in [-0.15, -0.1) is 0 Å². The summed E-state index contributed by atoms with van der Waals surface area (Å²) in [6, 6.07) is 65.3. The monoisotopic (exact) mass is 766 g/mol. The van der Waals surface area contributed by atoms with Crippen LogP contribution in [0, 0.1) is 22.7 Å². The van der Waals surface area contributed by atoms with Crippen molar-refractivity contribution in [3.05, 3.63) is 193 Å². The molecular weight excluding hydrogens is 737 g/mol. The molecule has 0 aliphatic carbocycles. The number of rotatable bonds is 6. The molecule has 278 valence electrons. The van der Waals surface area contributed by atoms with Crippen LogP contribution >= 0.6 is 0 Å². The molecule has 0 aliphatic rings. The van der Waals surface area contributed by atoms with Crippen molar-refractivity contribution in [2.24, 2.45) is 0 Å². The van der Waals surface area contributed by atoms with E-state index in [9.17, 15) is 10.5 Å². The van der Waals surface area contributed by atoms with Gasteiger partial charge >= 0.3 is 0 Å². The van der Waals surface area contributed by atoms with Gasteiger partial charge in [0.05, 0.1) is 40.0 Å². The number of fused-ring (bicyclic) bond motifs is 6. The summed E-state index contributed by atoms with van der Waals surface area (Å²) in [7, 11) is 0. The molecule has 0 unspecified atom stereocenters. The first-order chi connectivity index (χ1) is 29.6. The van der Waals surface area contributed by atoms with E-state index in [0.717, 1.165) is 88.4 Å². The van der Waals surface area contributed by atoms with Gasteiger partial charge in [0.25, 0.3) is 0 Å². The lowest BCUT2D eigenvalue weighted by atomic mass is 9.98. The second kappa shape index (κ2) is 14.1. The maximum Gasteiger partial charge on any atom is 0.166 e. The Morgan fingerprint density at radius 1 is 0.383 bits per heavy atom. The molecule has 11 rings (SSSR count). The van der Waals surface area contributed by atoms with Crippen LogP contribution in [0.5, 0.6) is 0 Å². The molecule has 0 spiro atoms. The van der Waals surface area contributed by atoms with Gasteiger partial charge in [0.1, 0.15) is 11.2 Å². The van der Waals surface area contributed by atoms with Crippen LogP contribution in [0.3, 0.4) is 0 Å². The maximum absolute atomic E-state index is 9.82. The van der Waals surface area contributed by atoms with E-state index in [1.54, 1.807) is 6.07 Å². The third-order valence-electron chi connectivity index (χ3n) is 11.1. The second-order valence-corrected chi connectivity index (χ2v) is 14.7. The Balaban J connectivity index is 1.20. The highest BCUT2D eigenvalue weighted by Gasteiger charge is 2.21. The summed E-state index contributed by atoms with van der Waals surface area (Å²) in [6.07, 6.45) is 0. The highest BCUT2D eigenvalue weighted by atomic mass is 16.3. The second-order valence-electron chi connectivity index (χ2n) is 14.7. The third-order valence-corrected chi connectivity index (χ3v) is 11.1. The molecule has 8 aromatic carbocycles. The molecule has 0 bridgehead atoms. The zero-order valence-corrected chi connectivity index (χ0v) is 31.9.